The van der Waals surface area contributed by atoms with Gasteiger partial charge in [0.1, 0.15) is 0 Å². The molecular weight excluding hydrogens is 732 g/mol. The van der Waals surface area contributed by atoms with Crippen LogP contribution in [-0.4, -0.2) is 19.1 Å². The fourth-order valence-electron chi connectivity index (χ4n) is 8.36. The molecule has 11 aromatic rings. The van der Waals surface area contributed by atoms with Crippen molar-refractivity contribution in [3.05, 3.63) is 206 Å². The molecule has 0 spiro atoms. The van der Waals surface area contributed by atoms with Crippen molar-refractivity contribution in [3.63, 3.8) is 0 Å². The molecular formula is C52H34N2Se. The van der Waals surface area contributed by atoms with Gasteiger partial charge in [-0.3, -0.25) is 0 Å². The minimum Gasteiger partial charge on any atom is -0.0602 e. The number of para-hydroxylation sites is 3. The maximum atomic E-state index is 2.45. The number of fused-ring (bicyclic) bond motifs is 7. The van der Waals surface area contributed by atoms with Gasteiger partial charge in [0, 0.05) is 11.1 Å². The smallest absolute Gasteiger partial charge is 0.0380 e. The second-order valence-electron chi connectivity index (χ2n) is 14.2. The van der Waals surface area contributed by atoms with Gasteiger partial charge in [-0.05, 0) is 18.2 Å². The van der Waals surface area contributed by atoms with E-state index in [2.05, 4.69) is 216 Å². The summed E-state index contributed by atoms with van der Waals surface area (Å²) in [5.41, 5.74) is 11.8. The summed E-state index contributed by atoms with van der Waals surface area (Å²) in [5, 5.41) is 7.76. The molecule has 0 bridgehead atoms. The van der Waals surface area contributed by atoms with E-state index in [0.717, 1.165) is 11.4 Å². The van der Waals surface area contributed by atoms with E-state index in [1.165, 1.54) is 85.5 Å². The number of hydrogen-bond donors (Lipinski definition) is 0. The van der Waals surface area contributed by atoms with Gasteiger partial charge in [0.05, 0.1) is 5.52 Å². The topological polar surface area (TPSA) is 8.17 Å². The van der Waals surface area contributed by atoms with Gasteiger partial charge >= 0.3 is 256 Å². The van der Waals surface area contributed by atoms with Crippen molar-refractivity contribution in [2.24, 2.45) is 0 Å². The van der Waals surface area contributed by atoms with Gasteiger partial charge < -0.3 is 0 Å². The molecule has 9 aromatic carbocycles. The molecule has 2 heterocycles. The number of aromatic nitrogens is 1. The SMILES string of the molecule is c1ccc(-n2c3ccccc3c3ccc(-c4ccc(N(c5ccc6c(c5)[se]c5ccccc56)c5ccccc5-c5ccc6ccccc6c5)cc4)cc32)cc1. The third kappa shape index (κ3) is 5.40. The van der Waals surface area contributed by atoms with Crippen molar-refractivity contribution in [3.8, 4) is 27.9 Å². The average Bonchev–Trinajstić information content (AvgIpc) is 3.79. The van der Waals surface area contributed by atoms with Crippen LogP contribution >= 0.6 is 0 Å². The first-order valence-corrected chi connectivity index (χ1v) is 20.5. The summed E-state index contributed by atoms with van der Waals surface area (Å²) in [6.07, 6.45) is 0. The molecule has 2 aromatic heterocycles. The largest absolute Gasteiger partial charge is 0.0602 e. The van der Waals surface area contributed by atoms with Gasteiger partial charge in [0.15, 0.2) is 0 Å². The summed E-state index contributed by atoms with van der Waals surface area (Å²) in [6.45, 7) is 0. The molecule has 0 N–H and O–H groups in total. The van der Waals surface area contributed by atoms with Gasteiger partial charge in [0.2, 0.25) is 0 Å². The average molecular weight is 766 g/mol. The molecule has 11 rings (SSSR count). The van der Waals surface area contributed by atoms with Crippen LogP contribution in [0.4, 0.5) is 17.1 Å². The quantitative estimate of drug-likeness (QED) is 0.153. The van der Waals surface area contributed by atoms with Gasteiger partial charge in [-0.1, -0.05) is 36.4 Å². The third-order valence-electron chi connectivity index (χ3n) is 11.0. The van der Waals surface area contributed by atoms with Crippen molar-refractivity contribution < 1.29 is 0 Å². The van der Waals surface area contributed by atoms with E-state index in [9.17, 15) is 0 Å². The molecule has 0 aliphatic heterocycles. The van der Waals surface area contributed by atoms with E-state index in [4.69, 9.17) is 0 Å². The van der Waals surface area contributed by atoms with Gasteiger partial charge in [0.25, 0.3) is 0 Å². The first-order chi connectivity index (χ1) is 27.3. The minimum atomic E-state index is 0.260. The van der Waals surface area contributed by atoms with E-state index in [1.807, 2.05) is 0 Å². The van der Waals surface area contributed by atoms with Crippen molar-refractivity contribution in [1.82, 2.24) is 4.57 Å². The normalized spacial score (nSPS) is 11.6. The van der Waals surface area contributed by atoms with Crippen LogP contribution in [0.5, 0.6) is 0 Å². The van der Waals surface area contributed by atoms with Crippen molar-refractivity contribution in [2.45, 2.75) is 0 Å². The molecule has 55 heavy (non-hydrogen) atoms. The summed E-state index contributed by atoms with van der Waals surface area (Å²) >= 11 is 0.260. The molecule has 0 fully saturated rings. The van der Waals surface area contributed by atoms with Crippen molar-refractivity contribution >= 4 is 83.4 Å². The van der Waals surface area contributed by atoms with E-state index in [1.54, 1.807) is 0 Å². The Hall–Kier alpha value is -6.64. The van der Waals surface area contributed by atoms with Crippen LogP contribution in [0.1, 0.15) is 0 Å². The van der Waals surface area contributed by atoms with Crippen LogP contribution in [0, 0.1) is 0 Å². The Morgan fingerprint density at radius 2 is 1.00 bits per heavy atom. The fourth-order valence-corrected chi connectivity index (χ4v) is 10.7. The molecule has 0 saturated heterocycles. The zero-order valence-electron chi connectivity index (χ0n) is 29.9. The Balaban J connectivity index is 1.06. The molecule has 0 unspecified atom stereocenters. The molecule has 0 amide bonds. The predicted molar refractivity (Wildman–Crippen MR) is 236 cm³/mol. The molecule has 3 heteroatoms. The van der Waals surface area contributed by atoms with E-state index >= 15 is 0 Å². The standard InChI is InChI=1S/C52H34N2Se/c1-2-14-40(15-3-1)54-49-20-10-7-17-44(49)45-30-26-38(33-50(45)54)36-24-27-41(28-25-36)53(42-29-31-47-46-18-8-11-21-51(46)55-52(47)34-42)48-19-9-6-16-43(48)39-23-22-35-12-4-5-13-37(35)32-39/h1-34H. The maximum Gasteiger partial charge on any atom is -0.0380 e. The number of anilines is 3. The molecule has 0 aliphatic carbocycles. The molecule has 2 nitrogen and oxygen atoms in total. The molecule has 0 aliphatic rings. The van der Waals surface area contributed by atoms with Gasteiger partial charge in [-0.15, -0.1) is 0 Å². The van der Waals surface area contributed by atoms with E-state index < -0.39 is 0 Å². The van der Waals surface area contributed by atoms with Crippen LogP contribution in [0.15, 0.2) is 206 Å². The Kier molecular flexibility index (Phi) is 7.55. The Morgan fingerprint density at radius 1 is 0.364 bits per heavy atom. The van der Waals surface area contributed by atoms with Crippen LogP contribution < -0.4 is 4.90 Å². The summed E-state index contributed by atoms with van der Waals surface area (Å²) < 4.78 is 5.28. The number of hydrogen-bond acceptors (Lipinski definition) is 1. The Labute approximate surface area is 325 Å². The van der Waals surface area contributed by atoms with E-state index in [-0.39, 0.29) is 14.5 Å². The first-order valence-electron chi connectivity index (χ1n) is 18.8. The maximum absolute atomic E-state index is 2.45. The zero-order valence-corrected chi connectivity index (χ0v) is 31.6. The Bertz CT molecular complexity index is 3210. The van der Waals surface area contributed by atoms with Crippen molar-refractivity contribution in [1.29, 1.82) is 0 Å². The number of rotatable bonds is 6. The molecule has 0 atom stereocenters. The summed E-state index contributed by atoms with van der Waals surface area (Å²) in [5.74, 6) is 0. The number of benzene rings is 9. The summed E-state index contributed by atoms with van der Waals surface area (Å²) in [4.78, 5) is 2.45. The second-order valence-corrected chi connectivity index (χ2v) is 16.4. The summed E-state index contributed by atoms with van der Waals surface area (Å²) in [7, 11) is 0. The van der Waals surface area contributed by atoms with Crippen LogP contribution in [0.3, 0.4) is 0 Å². The molecule has 0 saturated carbocycles. The zero-order chi connectivity index (χ0) is 36.3. The van der Waals surface area contributed by atoms with Crippen LogP contribution in [0.25, 0.3) is 79.8 Å². The predicted octanol–water partition coefficient (Wildman–Crippen LogP) is 14.1. The second kappa shape index (κ2) is 13.0. The summed E-state index contributed by atoms with van der Waals surface area (Å²) in [6, 6.07) is 75.7. The van der Waals surface area contributed by atoms with Crippen LogP contribution in [-0.2, 0) is 0 Å². The van der Waals surface area contributed by atoms with Crippen molar-refractivity contribution in [2.75, 3.05) is 4.90 Å². The van der Waals surface area contributed by atoms with E-state index in [0.29, 0.717) is 0 Å². The fraction of sp³-hybridized carbons (Fsp3) is 0. The van der Waals surface area contributed by atoms with Crippen LogP contribution in [0.2, 0.25) is 0 Å². The molecule has 258 valence electrons. The van der Waals surface area contributed by atoms with Gasteiger partial charge in [-0.2, -0.15) is 0 Å². The first kappa shape index (κ1) is 31.8. The third-order valence-corrected chi connectivity index (χ3v) is 13.4. The monoisotopic (exact) mass is 766 g/mol. The number of nitrogens with zero attached hydrogens (tertiary/aromatic N) is 2. The Morgan fingerprint density at radius 3 is 1.89 bits per heavy atom. The molecule has 0 radical (unpaired) electrons. The van der Waals surface area contributed by atoms with Gasteiger partial charge in [-0.25, -0.2) is 0 Å². The minimum absolute atomic E-state index is 0.260.